The van der Waals surface area contributed by atoms with Crippen LogP contribution in [0.5, 0.6) is 0 Å². The van der Waals surface area contributed by atoms with Crippen molar-refractivity contribution >= 4 is 16.6 Å². The summed E-state index contributed by atoms with van der Waals surface area (Å²) in [5, 5.41) is 0.789. The lowest BCUT2D eigenvalue weighted by Crippen LogP contribution is -1.93. The van der Waals surface area contributed by atoms with Crippen LogP contribution in [0, 0.1) is 5.82 Å². The number of anilines is 1. The Morgan fingerprint density at radius 2 is 1.83 bits per heavy atom. The van der Waals surface area contributed by atoms with E-state index in [0.717, 1.165) is 5.39 Å². The van der Waals surface area contributed by atoms with Crippen LogP contribution in [0.2, 0.25) is 0 Å². The van der Waals surface area contributed by atoms with Gasteiger partial charge < -0.3 is 5.73 Å². The summed E-state index contributed by atoms with van der Waals surface area (Å²) < 4.78 is 13.8. The fraction of sp³-hybridized carbons (Fsp3) is 0. The molecule has 0 saturated heterocycles. The number of nitrogens with two attached hydrogens (primary N) is 1. The van der Waals surface area contributed by atoms with E-state index in [1.807, 2.05) is 6.07 Å². The SMILES string of the molecule is Nc1ccc2c(-c3ccccc3F)ncnc2c1. The number of halogens is 1. The van der Waals surface area contributed by atoms with E-state index >= 15 is 0 Å². The monoisotopic (exact) mass is 239 g/mol. The molecule has 0 aliphatic carbocycles. The molecule has 0 aliphatic heterocycles. The van der Waals surface area contributed by atoms with Crippen molar-refractivity contribution in [3.05, 3.63) is 54.6 Å². The molecule has 18 heavy (non-hydrogen) atoms. The molecule has 0 fully saturated rings. The van der Waals surface area contributed by atoms with Gasteiger partial charge in [-0.3, -0.25) is 0 Å². The average Bonchev–Trinajstić information content (AvgIpc) is 2.38. The Bertz CT molecular complexity index is 725. The number of hydrogen-bond donors (Lipinski definition) is 1. The topological polar surface area (TPSA) is 51.8 Å². The van der Waals surface area contributed by atoms with Crippen LogP contribution in [0.1, 0.15) is 0 Å². The second-order valence-corrected chi connectivity index (χ2v) is 3.98. The third-order valence-electron chi connectivity index (χ3n) is 2.79. The van der Waals surface area contributed by atoms with Crippen LogP contribution in [0.3, 0.4) is 0 Å². The van der Waals surface area contributed by atoms with Crippen LogP contribution < -0.4 is 5.73 Å². The van der Waals surface area contributed by atoms with E-state index in [-0.39, 0.29) is 5.82 Å². The Labute approximate surface area is 103 Å². The van der Waals surface area contributed by atoms with Crippen LogP contribution in [0.15, 0.2) is 48.8 Å². The van der Waals surface area contributed by atoms with Crippen LogP contribution in [0.25, 0.3) is 22.2 Å². The molecule has 0 bridgehead atoms. The van der Waals surface area contributed by atoms with Gasteiger partial charge in [0.05, 0.1) is 11.2 Å². The number of rotatable bonds is 1. The molecule has 4 heteroatoms. The molecule has 3 aromatic rings. The maximum absolute atomic E-state index is 13.8. The van der Waals surface area contributed by atoms with Gasteiger partial charge in [-0.1, -0.05) is 12.1 Å². The Morgan fingerprint density at radius 1 is 1.00 bits per heavy atom. The zero-order valence-electron chi connectivity index (χ0n) is 9.47. The lowest BCUT2D eigenvalue weighted by Gasteiger charge is -2.06. The number of nitrogen functional groups attached to an aromatic ring is 1. The van der Waals surface area contributed by atoms with Gasteiger partial charge in [0.1, 0.15) is 12.1 Å². The molecule has 2 aromatic carbocycles. The molecule has 2 N–H and O–H groups in total. The molecular formula is C14H10FN3. The van der Waals surface area contributed by atoms with Gasteiger partial charge in [-0.05, 0) is 30.3 Å². The molecule has 0 spiro atoms. The van der Waals surface area contributed by atoms with Gasteiger partial charge in [0.2, 0.25) is 0 Å². The Morgan fingerprint density at radius 3 is 2.67 bits per heavy atom. The zero-order valence-corrected chi connectivity index (χ0v) is 9.47. The highest BCUT2D eigenvalue weighted by atomic mass is 19.1. The fourth-order valence-corrected chi connectivity index (χ4v) is 1.94. The zero-order chi connectivity index (χ0) is 12.5. The first-order valence-electron chi connectivity index (χ1n) is 5.51. The summed E-state index contributed by atoms with van der Waals surface area (Å²) in [7, 11) is 0. The highest BCUT2D eigenvalue weighted by molar-refractivity contribution is 5.93. The Balaban J connectivity index is 2.33. The van der Waals surface area contributed by atoms with Gasteiger partial charge >= 0.3 is 0 Å². The van der Waals surface area contributed by atoms with E-state index in [1.54, 1.807) is 30.3 Å². The summed E-state index contributed by atoms with van der Waals surface area (Å²) in [5.41, 5.74) is 8.09. The molecule has 0 unspecified atom stereocenters. The second-order valence-electron chi connectivity index (χ2n) is 3.98. The summed E-state index contributed by atoms with van der Waals surface area (Å²) in [4.78, 5) is 8.32. The van der Waals surface area contributed by atoms with E-state index in [0.29, 0.717) is 22.5 Å². The van der Waals surface area contributed by atoms with Crippen LogP contribution >= 0.6 is 0 Å². The summed E-state index contributed by atoms with van der Waals surface area (Å²) >= 11 is 0. The minimum atomic E-state index is -0.297. The molecule has 0 atom stereocenters. The van der Waals surface area contributed by atoms with E-state index in [9.17, 15) is 4.39 Å². The highest BCUT2D eigenvalue weighted by Gasteiger charge is 2.10. The third kappa shape index (κ3) is 1.68. The summed E-state index contributed by atoms with van der Waals surface area (Å²) in [6.45, 7) is 0. The molecule has 0 amide bonds. The van der Waals surface area contributed by atoms with Crippen molar-refractivity contribution in [2.24, 2.45) is 0 Å². The molecule has 3 nitrogen and oxygen atoms in total. The van der Waals surface area contributed by atoms with E-state index < -0.39 is 0 Å². The summed E-state index contributed by atoms with van der Waals surface area (Å²) in [5.74, 6) is -0.297. The maximum Gasteiger partial charge on any atom is 0.132 e. The van der Waals surface area contributed by atoms with Gasteiger partial charge in [-0.15, -0.1) is 0 Å². The van der Waals surface area contributed by atoms with Gasteiger partial charge in [-0.25, -0.2) is 14.4 Å². The van der Waals surface area contributed by atoms with Crippen LogP contribution in [-0.2, 0) is 0 Å². The largest absolute Gasteiger partial charge is 0.399 e. The lowest BCUT2D eigenvalue weighted by molar-refractivity contribution is 0.631. The van der Waals surface area contributed by atoms with Crippen molar-refractivity contribution in [2.45, 2.75) is 0 Å². The number of fused-ring (bicyclic) bond motifs is 1. The van der Waals surface area contributed by atoms with Crippen molar-refractivity contribution in [1.82, 2.24) is 9.97 Å². The lowest BCUT2D eigenvalue weighted by atomic mass is 10.1. The maximum atomic E-state index is 13.8. The first kappa shape index (κ1) is 10.7. The molecule has 0 radical (unpaired) electrons. The van der Waals surface area contributed by atoms with Crippen molar-refractivity contribution in [3.63, 3.8) is 0 Å². The summed E-state index contributed by atoms with van der Waals surface area (Å²) in [6, 6.07) is 11.9. The summed E-state index contributed by atoms with van der Waals surface area (Å²) in [6.07, 6.45) is 1.42. The van der Waals surface area contributed by atoms with Crippen molar-refractivity contribution in [1.29, 1.82) is 0 Å². The fourth-order valence-electron chi connectivity index (χ4n) is 1.94. The molecule has 88 valence electrons. The van der Waals surface area contributed by atoms with Crippen molar-refractivity contribution < 1.29 is 4.39 Å². The minimum Gasteiger partial charge on any atom is -0.399 e. The van der Waals surface area contributed by atoms with Crippen LogP contribution in [0.4, 0.5) is 10.1 Å². The predicted molar refractivity (Wildman–Crippen MR) is 69.3 cm³/mol. The number of benzene rings is 2. The molecule has 1 heterocycles. The van der Waals surface area contributed by atoms with Gasteiger partial charge in [0.15, 0.2) is 0 Å². The number of hydrogen-bond acceptors (Lipinski definition) is 3. The predicted octanol–water partition coefficient (Wildman–Crippen LogP) is 3.02. The van der Waals surface area contributed by atoms with E-state index in [2.05, 4.69) is 9.97 Å². The van der Waals surface area contributed by atoms with Gasteiger partial charge in [0.25, 0.3) is 0 Å². The normalized spacial score (nSPS) is 10.7. The molecular weight excluding hydrogens is 229 g/mol. The Kier molecular flexibility index (Phi) is 2.41. The van der Waals surface area contributed by atoms with Crippen LogP contribution in [-0.4, -0.2) is 9.97 Å². The second kappa shape index (κ2) is 4.07. The average molecular weight is 239 g/mol. The van der Waals surface area contributed by atoms with Crippen molar-refractivity contribution in [3.8, 4) is 11.3 Å². The smallest absolute Gasteiger partial charge is 0.132 e. The highest BCUT2D eigenvalue weighted by Crippen LogP contribution is 2.27. The standard InChI is InChI=1S/C14H10FN3/c15-12-4-2-1-3-10(12)14-11-6-5-9(16)7-13(11)17-8-18-14/h1-8H,16H2. The molecule has 0 aliphatic rings. The minimum absolute atomic E-state index is 0.297. The van der Waals surface area contributed by atoms with E-state index in [1.165, 1.54) is 12.4 Å². The molecule has 3 rings (SSSR count). The first-order valence-corrected chi connectivity index (χ1v) is 5.51. The quantitative estimate of drug-likeness (QED) is 0.664. The number of nitrogens with zero attached hydrogens (tertiary/aromatic N) is 2. The van der Waals surface area contributed by atoms with Crippen molar-refractivity contribution in [2.75, 3.05) is 5.73 Å². The Hall–Kier alpha value is -2.49. The third-order valence-corrected chi connectivity index (χ3v) is 2.79. The number of aromatic nitrogens is 2. The molecule has 0 saturated carbocycles. The molecule has 1 aromatic heterocycles. The van der Waals surface area contributed by atoms with Gasteiger partial charge in [0, 0.05) is 16.6 Å². The van der Waals surface area contributed by atoms with E-state index in [4.69, 9.17) is 5.73 Å². The van der Waals surface area contributed by atoms with Gasteiger partial charge in [-0.2, -0.15) is 0 Å². The first-order chi connectivity index (χ1) is 8.75.